The number of carbonyl (C=O) groups is 1. The molecule has 9 rings (SSSR count). The molecule has 8 fully saturated rings. The summed E-state index contributed by atoms with van der Waals surface area (Å²) in [6.45, 7) is 21.1. The summed E-state index contributed by atoms with van der Waals surface area (Å²) in [6.07, 6.45) is -13.2. The molecular formula is C54H84N2O15. The normalized spacial score (nSPS) is 51.5. The Kier molecular flexibility index (Phi) is 14.8. The van der Waals surface area contributed by atoms with E-state index >= 15 is 0 Å². The molecule has 0 aromatic heterocycles. The summed E-state index contributed by atoms with van der Waals surface area (Å²) in [4.78, 5) is 14.6. The molecule has 8 aliphatic rings. The highest BCUT2D eigenvalue weighted by molar-refractivity contribution is 5.85. The van der Waals surface area contributed by atoms with Crippen LogP contribution >= 0.6 is 0 Å². The Hall–Kier alpha value is -2.33. The SMILES string of the molecule is C=C(C)[C@@H]1CC[C@]2(C(=O)NNc3ccccc3)CC[C@]3(C)[C@H](CC[C@@H]4[C@@]5(C)CC[C@H](O[C@@H]6O[C@H](CO)[C@@H](O[C@@H]7O[C@@H](C)[C@H](O)[C@@H](O)[C@H]7O)[C@H](O)[C@H]6O[C@@H]6O[C@@H](C)[C@H](O)[C@@H](O)[C@H]6O)C(C)(C)[C@@H]5CC[C@]43C)[C@@H]12. The van der Waals surface area contributed by atoms with Crippen molar-refractivity contribution in [3.63, 3.8) is 0 Å². The van der Waals surface area contributed by atoms with Gasteiger partial charge in [-0.15, -0.1) is 0 Å². The Morgan fingerprint density at radius 3 is 1.89 bits per heavy atom. The lowest BCUT2D eigenvalue weighted by atomic mass is 9.32. The number of allylic oxidation sites excluding steroid dienone is 1. The molecule has 1 aromatic rings. The number of hydrogen-bond donors (Lipinski definition) is 10. The fourth-order valence-corrected chi connectivity index (χ4v) is 16.7. The van der Waals surface area contributed by atoms with Gasteiger partial charge in [0.15, 0.2) is 18.9 Å². The number of hydrogen-bond acceptors (Lipinski definition) is 16. The minimum atomic E-state index is -1.74. The van der Waals surface area contributed by atoms with E-state index in [4.69, 9.17) is 28.4 Å². The summed E-state index contributed by atoms with van der Waals surface area (Å²) >= 11 is 0. The molecule has 17 nitrogen and oxygen atoms in total. The quantitative estimate of drug-likeness (QED) is 0.0862. The highest BCUT2D eigenvalue weighted by Crippen LogP contribution is 2.77. The fourth-order valence-electron chi connectivity index (χ4n) is 16.7. The third-order valence-electron chi connectivity index (χ3n) is 20.8. The van der Waals surface area contributed by atoms with Crippen molar-refractivity contribution in [2.75, 3.05) is 12.0 Å². The van der Waals surface area contributed by atoms with Crippen LogP contribution in [0.5, 0.6) is 0 Å². The highest BCUT2D eigenvalue weighted by Gasteiger charge is 2.72. The molecule has 0 bridgehead atoms. The van der Waals surface area contributed by atoms with Gasteiger partial charge in [0.1, 0.15) is 61.0 Å². The lowest BCUT2D eigenvalue weighted by molar-refractivity contribution is -0.393. The molecule has 1 amide bonds. The molecule has 3 heterocycles. The smallest absolute Gasteiger partial charge is 0.244 e. The maximum absolute atomic E-state index is 14.6. The van der Waals surface area contributed by atoms with Crippen molar-refractivity contribution < 1.29 is 74.1 Å². The number of para-hydroxylation sites is 1. The van der Waals surface area contributed by atoms with E-state index in [9.17, 15) is 45.6 Å². The number of benzene rings is 1. The van der Waals surface area contributed by atoms with Crippen LogP contribution in [0.15, 0.2) is 42.5 Å². The number of amides is 1. The van der Waals surface area contributed by atoms with Crippen molar-refractivity contribution in [2.24, 2.45) is 56.7 Å². The van der Waals surface area contributed by atoms with Crippen LogP contribution in [-0.2, 0) is 33.2 Å². The average molecular weight is 1000 g/mol. The van der Waals surface area contributed by atoms with Crippen LogP contribution in [0, 0.1) is 56.7 Å². The summed E-state index contributed by atoms with van der Waals surface area (Å²) in [6, 6.07) is 9.79. The van der Waals surface area contributed by atoms with E-state index in [0.717, 1.165) is 63.5 Å². The van der Waals surface area contributed by atoms with Crippen molar-refractivity contribution in [3.05, 3.63) is 42.5 Å². The van der Waals surface area contributed by atoms with Crippen molar-refractivity contribution in [1.29, 1.82) is 0 Å². The molecule has 1 aromatic carbocycles. The van der Waals surface area contributed by atoms with Gasteiger partial charge in [0.05, 0.1) is 36.0 Å². The molecule has 5 saturated carbocycles. The first-order chi connectivity index (χ1) is 33.4. The zero-order chi connectivity index (χ0) is 51.3. The minimum Gasteiger partial charge on any atom is -0.394 e. The van der Waals surface area contributed by atoms with Gasteiger partial charge >= 0.3 is 0 Å². The number of aliphatic hydroxyl groups excluding tert-OH is 8. The van der Waals surface area contributed by atoms with Crippen LogP contribution in [0.3, 0.4) is 0 Å². The van der Waals surface area contributed by atoms with E-state index in [1.165, 1.54) is 19.4 Å². The lowest BCUT2D eigenvalue weighted by Gasteiger charge is -2.73. The number of fused-ring (bicyclic) bond motifs is 7. The molecular weight excluding hydrogens is 917 g/mol. The minimum absolute atomic E-state index is 0.00533. The van der Waals surface area contributed by atoms with Gasteiger partial charge in [-0.3, -0.25) is 15.6 Å². The fraction of sp³-hybridized carbons (Fsp3) is 0.833. The second-order valence-electron chi connectivity index (χ2n) is 24.6. The summed E-state index contributed by atoms with van der Waals surface area (Å²) in [7, 11) is 0. The molecule has 17 heteroatoms. The van der Waals surface area contributed by atoms with Gasteiger partial charge in [0, 0.05) is 0 Å². The van der Waals surface area contributed by atoms with Gasteiger partial charge in [-0.2, -0.15) is 0 Å². The van der Waals surface area contributed by atoms with Crippen molar-refractivity contribution >= 4 is 11.6 Å². The van der Waals surface area contributed by atoms with Crippen molar-refractivity contribution in [3.8, 4) is 0 Å². The van der Waals surface area contributed by atoms with E-state index in [2.05, 4.69) is 59.0 Å². The maximum Gasteiger partial charge on any atom is 0.244 e. The van der Waals surface area contributed by atoms with Crippen LogP contribution in [0.25, 0.3) is 0 Å². The van der Waals surface area contributed by atoms with E-state index in [1.54, 1.807) is 0 Å². The third-order valence-corrected chi connectivity index (χ3v) is 20.8. The van der Waals surface area contributed by atoms with Crippen LogP contribution in [-0.4, -0.2) is 152 Å². The largest absolute Gasteiger partial charge is 0.394 e. The zero-order valence-corrected chi connectivity index (χ0v) is 42.9. The first kappa shape index (κ1) is 53.5. The Bertz CT molecular complexity index is 2070. The molecule has 5 aliphatic carbocycles. The van der Waals surface area contributed by atoms with Crippen molar-refractivity contribution in [2.45, 2.75) is 218 Å². The number of anilines is 1. The van der Waals surface area contributed by atoms with Gasteiger partial charge < -0.3 is 69.3 Å². The van der Waals surface area contributed by atoms with E-state index in [-0.39, 0.29) is 39.9 Å². The van der Waals surface area contributed by atoms with Crippen LogP contribution in [0.2, 0.25) is 0 Å². The number of rotatable bonds is 11. The molecule has 0 spiro atoms. The molecule has 0 radical (unpaired) electrons. The number of carbonyl (C=O) groups excluding carboxylic acids is 1. The predicted octanol–water partition coefficient (Wildman–Crippen LogP) is 3.68. The Morgan fingerprint density at radius 1 is 0.662 bits per heavy atom. The first-order valence-electron chi connectivity index (χ1n) is 26.5. The number of aliphatic hydroxyl groups is 8. The van der Waals surface area contributed by atoms with Gasteiger partial charge in [0.2, 0.25) is 5.91 Å². The lowest BCUT2D eigenvalue weighted by Crippen LogP contribution is -2.68. The highest BCUT2D eigenvalue weighted by atomic mass is 16.8. The summed E-state index contributed by atoms with van der Waals surface area (Å²) in [5, 5.41) is 87.1. The number of ether oxygens (including phenoxy) is 6. The monoisotopic (exact) mass is 1000 g/mol. The second-order valence-corrected chi connectivity index (χ2v) is 24.6. The molecule has 3 aliphatic heterocycles. The van der Waals surface area contributed by atoms with Gasteiger partial charge in [-0.25, -0.2) is 0 Å². The first-order valence-corrected chi connectivity index (χ1v) is 26.5. The summed E-state index contributed by atoms with van der Waals surface area (Å²) in [5.41, 5.74) is 7.39. The summed E-state index contributed by atoms with van der Waals surface area (Å²) in [5.74, 6) is 1.52. The van der Waals surface area contributed by atoms with E-state index in [1.807, 2.05) is 30.3 Å². The standard InChI is InChI=1S/C54H84N2O15/c1-26(2)30-17-22-54(49(65)56-55-29-13-11-10-12-14-29)24-23-52(8)31(36(30)54)15-16-34-51(7)20-19-35(50(5,6)33(51)18-21-53(34,52)9)69-48-45(71-47-42(63)40(61)38(59)28(4)67-47)43(64)44(32(25-57)68-48)70-46-41(62)39(60)37(58)27(3)66-46/h10-14,27-28,30-48,55,57-64H,1,15-25H2,2-9H3,(H,56,65)/t27-,28-,30-,31+,32+,33-,34+,35-,36+,37-,38-,39+,40+,41+,42+,43-,44+,45+,46-,47-,48-,51-,52+,53+,54-/m0/s1. The van der Waals surface area contributed by atoms with Gasteiger partial charge in [0.25, 0.3) is 0 Å². The molecule has 25 atom stereocenters. The molecule has 3 saturated heterocycles. The number of hydrazine groups is 1. The van der Waals surface area contributed by atoms with E-state index < -0.39 is 116 Å². The second kappa shape index (κ2) is 19.7. The predicted molar refractivity (Wildman–Crippen MR) is 258 cm³/mol. The Labute approximate surface area is 418 Å². The molecule has 0 unspecified atom stereocenters. The Balaban J connectivity index is 0.959. The molecule has 10 N–H and O–H groups in total. The third kappa shape index (κ3) is 8.65. The Morgan fingerprint density at radius 2 is 1.28 bits per heavy atom. The van der Waals surface area contributed by atoms with Crippen LogP contribution in [0.1, 0.15) is 120 Å². The topological polar surface area (TPSA) is 258 Å². The summed E-state index contributed by atoms with van der Waals surface area (Å²) < 4.78 is 37.4. The molecule has 400 valence electrons. The zero-order valence-electron chi connectivity index (χ0n) is 42.9. The molecule has 71 heavy (non-hydrogen) atoms. The maximum atomic E-state index is 14.6. The number of nitrogens with one attached hydrogen (secondary N) is 2. The van der Waals surface area contributed by atoms with Crippen LogP contribution in [0.4, 0.5) is 5.69 Å². The van der Waals surface area contributed by atoms with E-state index in [0.29, 0.717) is 18.3 Å². The van der Waals surface area contributed by atoms with Gasteiger partial charge in [-0.1, -0.05) is 65.0 Å². The van der Waals surface area contributed by atoms with Crippen LogP contribution < -0.4 is 10.9 Å². The van der Waals surface area contributed by atoms with Gasteiger partial charge in [-0.05, 0) is 148 Å². The van der Waals surface area contributed by atoms with Crippen molar-refractivity contribution in [1.82, 2.24) is 5.43 Å². The average Bonchev–Trinajstić information content (AvgIpc) is 3.74.